The van der Waals surface area contributed by atoms with E-state index in [1.54, 1.807) is 13.2 Å². The molecule has 8 rings (SSSR count). The Hall–Kier alpha value is -4.41. The Morgan fingerprint density at radius 2 is 1.73 bits per heavy atom. The zero-order chi connectivity index (χ0) is 45.9. The van der Waals surface area contributed by atoms with Crippen LogP contribution >= 0.6 is 11.6 Å². The van der Waals surface area contributed by atoms with Crippen molar-refractivity contribution in [1.29, 1.82) is 0 Å². The number of carbonyl (C=O) groups is 1. The summed E-state index contributed by atoms with van der Waals surface area (Å²) >= 11 is 7.37. The number of benzene rings is 3. The summed E-state index contributed by atoms with van der Waals surface area (Å²) in [6, 6.07) is 11.4. The summed E-state index contributed by atoms with van der Waals surface area (Å²) in [5.41, 5.74) is 7.18. The Morgan fingerprint density at radius 1 is 1.03 bits per heavy atom. The van der Waals surface area contributed by atoms with E-state index in [0.717, 1.165) is 61.5 Å². The molecule has 342 valence electrons. The van der Waals surface area contributed by atoms with E-state index >= 15 is 4.39 Å². The minimum atomic E-state index is -2.14. The van der Waals surface area contributed by atoms with Gasteiger partial charge in [-0.1, -0.05) is 83.3 Å². The molecule has 0 radical (unpaired) electrons. The first-order valence-corrected chi connectivity index (χ1v) is 25.7. The van der Waals surface area contributed by atoms with Gasteiger partial charge in [-0.25, -0.2) is 9.18 Å². The molecule has 64 heavy (non-hydrogen) atoms. The van der Waals surface area contributed by atoms with Crippen molar-refractivity contribution < 1.29 is 28.1 Å². The van der Waals surface area contributed by atoms with Gasteiger partial charge in [0.2, 0.25) is 0 Å². The molecule has 3 aromatic carbocycles. The molecular formula is C51H65ClFN5O5Si. The molecule has 13 heteroatoms. The van der Waals surface area contributed by atoms with Crippen molar-refractivity contribution in [2.45, 2.75) is 134 Å². The van der Waals surface area contributed by atoms with Crippen LogP contribution < -0.4 is 14.4 Å². The molecule has 3 atom stereocenters. The number of carbonyl (C=O) groups excluding carboxylic acids is 1. The van der Waals surface area contributed by atoms with Crippen LogP contribution in [-0.2, 0) is 9.47 Å². The predicted molar refractivity (Wildman–Crippen MR) is 258 cm³/mol. The Balaban J connectivity index is 1.30. The quantitative estimate of drug-likeness (QED) is 0.0631. The number of hydrogen-bond donors (Lipinski definition) is 0. The van der Waals surface area contributed by atoms with Gasteiger partial charge in [-0.15, -0.1) is 5.54 Å². The fraction of sp³-hybridized carbons (Fsp3) is 0.549. The Bertz CT molecular complexity index is 2500. The fourth-order valence-corrected chi connectivity index (χ4v) is 17.1. The molecule has 5 heterocycles. The van der Waals surface area contributed by atoms with E-state index in [1.807, 2.05) is 56.0 Å². The van der Waals surface area contributed by atoms with Gasteiger partial charge in [0, 0.05) is 48.6 Å². The summed E-state index contributed by atoms with van der Waals surface area (Å²) in [5.74, 6) is 4.10. The van der Waals surface area contributed by atoms with Crippen LogP contribution in [0.4, 0.5) is 15.0 Å². The molecular weight excluding hydrogens is 845 g/mol. The van der Waals surface area contributed by atoms with E-state index in [0.29, 0.717) is 58.8 Å². The fourth-order valence-electron chi connectivity index (χ4n) is 11.6. The third-order valence-electron chi connectivity index (χ3n) is 14.3. The van der Waals surface area contributed by atoms with Crippen molar-refractivity contribution >= 4 is 53.3 Å². The number of hydrogen-bond acceptors (Lipinski definition) is 9. The molecule has 2 bridgehead atoms. The van der Waals surface area contributed by atoms with Gasteiger partial charge in [-0.3, -0.25) is 9.80 Å². The molecule has 4 aliphatic heterocycles. The highest BCUT2D eigenvalue weighted by Crippen LogP contribution is 2.46. The average Bonchev–Trinajstić information content (AvgIpc) is 3.84. The molecule has 0 aliphatic carbocycles. The van der Waals surface area contributed by atoms with Crippen molar-refractivity contribution in [2.75, 3.05) is 51.6 Å². The van der Waals surface area contributed by atoms with Crippen molar-refractivity contribution in [3.8, 4) is 34.4 Å². The van der Waals surface area contributed by atoms with Crippen LogP contribution in [0, 0.1) is 17.3 Å². The third kappa shape index (κ3) is 8.47. The number of piperazine rings is 1. The van der Waals surface area contributed by atoms with Crippen molar-refractivity contribution in [3.05, 3.63) is 65.0 Å². The lowest BCUT2D eigenvalue weighted by Crippen LogP contribution is -2.57. The standard InChI is InChI=1S/C51H65ClFN5O5Si/c1-31(2)64(32(3)4,33(5)6)21-18-35-14-12-15-36-22-39(62-30-60-11)23-40(43(35)36)44-42(52)24-41-46(45(44)53)54-48(61-29-51-19-13-20-57(51)26-34(7)25-51)55-47(41)56-27-37-16-17-38(28-56)58(37)49(59)63-50(8,9)10/h12,14-15,22-24,31-33,37-38H,7,13,16-17,19-20,25-30H2,1-6,8-11H3. The van der Waals surface area contributed by atoms with Crippen molar-refractivity contribution in [1.82, 2.24) is 19.8 Å². The minimum Gasteiger partial charge on any atom is -0.468 e. The van der Waals surface area contributed by atoms with E-state index in [-0.39, 0.29) is 52.6 Å². The maximum Gasteiger partial charge on any atom is 0.410 e. The maximum atomic E-state index is 18.1. The molecule has 0 spiro atoms. The molecule has 4 aromatic rings. The van der Waals surface area contributed by atoms with Crippen LogP contribution in [0.3, 0.4) is 0 Å². The average molecular weight is 911 g/mol. The van der Waals surface area contributed by atoms with Crippen molar-refractivity contribution in [2.24, 2.45) is 0 Å². The summed E-state index contributed by atoms with van der Waals surface area (Å²) in [7, 11) is -0.576. The monoisotopic (exact) mass is 909 g/mol. The molecule has 1 amide bonds. The molecule has 4 saturated heterocycles. The highest BCUT2D eigenvalue weighted by Gasteiger charge is 2.48. The van der Waals surface area contributed by atoms with Crippen LogP contribution in [-0.4, -0.2) is 104 Å². The lowest BCUT2D eigenvalue weighted by atomic mass is 9.93. The van der Waals surface area contributed by atoms with Gasteiger partial charge in [-0.2, -0.15) is 9.97 Å². The molecule has 10 nitrogen and oxygen atoms in total. The van der Waals surface area contributed by atoms with Crippen LogP contribution in [0.25, 0.3) is 32.8 Å². The second kappa shape index (κ2) is 17.8. The van der Waals surface area contributed by atoms with Gasteiger partial charge < -0.3 is 23.8 Å². The van der Waals surface area contributed by atoms with Crippen molar-refractivity contribution in [3.63, 3.8) is 0 Å². The number of aromatic nitrogens is 2. The Kier molecular flexibility index (Phi) is 12.8. The molecule has 0 N–H and O–H groups in total. The van der Waals surface area contributed by atoms with Gasteiger partial charge in [0.05, 0.1) is 22.6 Å². The topological polar surface area (TPSA) is 89.5 Å². The maximum absolute atomic E-state index is 18.1. The Morgan fingerprint density at radius 3 is 2.39 bits per heavy atom. The van der Waals surface area contributed by atoms with Crippen LogP contribution in [0.1, 0.15) is 100.0 Å². The SMILES string of the molecule is C=C1CN2CCCC2(COc2nc(N3CC4CCC(C3)N4C(=O)OC(C)(C)C)c3cc(Cl)c(-c4cc(OCOC)cc5cccc(C#C[Si](C(C)C)(C(C)C)C(C)C)c45)c(F)c3n2)C1. The van der Waals surface area contributed by atoms with Crippen LogP contribution in [0.2, 0.25) is 21.6 Å². The summed E-state index contributed by atoms with van der Waals surface area (Å²) in [6.07, 6.45) is 4.22. The van der Waals surface area contributed by atoms with E-state index in [9.17, 15) is 4.79 Å². The largest absolute Gasteiger partial charge is 0.468 e. The molecule has 0 saturated carbocycles. The second-order valence-corrected chi connectivity index (χ2v) is 26.5. The third-order valence-corrected chi connectivity index (χ3v) is 20.9. The smallest absolute Gasteiger partial charge is 0.410 e. The summed E-state index contributed by atoms with van der Waals surface area (Å²) in [5, 5.41) is 2.28. The summed E-state index contributed by atoms with van der Waals surface area (Å²) < 4.78 is 41.9. The van der Waals surface area contributed by atoms with E-state index in [2.05, 4.69) is 69.4 Å². The number of amides is 1. The first-order valence-electron chi connectivity index (χ1n) is 23.1. The van der Waals surface area contributed by atoms with Gasteiger partial charge in [-0.05, 0) is 111 Å². The van der Waals surface area contributed by atoms with E-state index < -0.39 is 19.5 Å². The first kappa shape index (κ1) is 46.1. The molecule has 4 aliphatic rings. The lowest BCUT2D eigenvalue weighted by molar-refractivity contribution is 0.0122. The number of fused-ring (bicyclic) bond motifs is 5. The number of nitrogens with zero attached hydrogens (tertiary/aromatic N) is 5. The summed E-state index contributed by atoms with van der Waals surface area (Å²) in [4.78, 5) is 29.9. The highest BCUT2D eigenvalue weighted by atomic mass is 35.5. The normalized spacial score (nSPS) is 21.4. The second-order valence-electron chi connectivity index (χ2n) is 20.5. The summed E-state index contributed by atoms with van der Waals surface area (Å²) in [6.45, 7) is 26.9. The molecule has 4 fully saturated rings. The van der Waals surface area contributed by atoms with Gasteiger partial charge >= 0.3 is 12.1 Å². The predicted octanol–water partition coefficient (Wildman–Crippen LogP) is 11.6. The highest BCUT2D eigenvalue weighted by molar-refractivity contribution is 6.90. The van der Waals surface area contributed by atoms with E-state index in [1.165, 1.54) is 5.57 Å². The van der Waals surface area contributed by atoms with Crippen LogP contribution in [0.15, 0.2) is 48.6 Å². The Labute approximate surface area is 384 Å². The minimum absolute atomic E-state index is 0.0103. The zero-order valence-electron chi connectivity index (χ0n) is 39.4. The first-order chi connectivity index (χ1) is 30.4. The van der Waals surface area contributed by atoms with Gasteiger partial charge in [0.15, 0.2) is 12.6 Å². The molecule has 1 aromatic heterocycles. The zero-order valence-corrected chi connectivity index (χ0v) is 41.1. The number of methoxy groups -OCH3 is 1. The number of rotatable bonds is 11. The molecule has 3 unspecified atom stereocenters. The van der Waals surface area contributed by atoms with Crippen LogP contribution in [0.5, 0.6) is 11.8 Å². The van der Waals surface area contributed by atoms with E-state index in [4.69, 9.17) is 40.5 Å². The number of anilines is 1. The number of halogens is 2. The lowest BCUT2D eigenvalue weighted by Gasteiger charge is -2.42. The van der Waals surface area contributed by atoms with Gasteiger partial charge in [0.25, 0.3) is 0 Å². The van der Waals surface area contributed by atoms with Gasteiger partial charge in [0.1, 0.15) is 37.4 Å². The number of ether oxygens (including phenoxy) is 4.